The molecule has 4 nitrogen and oxygen atoms in total. The second-order valence-electron chi connectivity index (χ2n) is 5.85. The van der Waals surface area contributed by atoms with E-state index in [0.717, 1.165) is 24.4 Å². The molecule has 3 rings (SSSR count). The highest BCUT2D eigenvalue weighted by Crippen LogP contribution is 2.24. The van der Waals surface area contributed by atoms with E-state index in [2.05, 4.69) is 10.2 Å². The third-order valence-corrected chi connectivity index (χ3v) is 4.19. The Kier molecular flexibility index (Phi) is 4.59. The molecule has 116 valence electrons. The molecule has 2 heterocycles. The Morgan fingerprint density at radius 2 is 2.09 bits per heavy atom. The molecule has 4 heteroatoms. The Morgan fingerprint density at radius 3 is 2.77 bits per heavy atom. The van der Waals surface area contributed by atoms with E-state index in [9.17, 15) is 4.79 Å². The molecule has 0 aliphatic carbocycles. The Morgan fingerprint density at radius 1 is 1.27 bits per heavy atom. The lowest BCUT2D eigenvalue weighted by atomic mass is 10.1. The number of rotatable bonds is 5. The summed E-state index contributed by atoms with van der Waals surface area (Å²) >= 11 is 0. The van der Waals surface area contributed by atoms with E-state index in [1.165, 1.54) is 12.8 Å². The van der Waals surface area contributed by atoms with Gasteiger partial charge in [-0.2, -0.15) is 0 Å². The molecule has 0 spiro atoms. The van der Waals surface area contributed by atoms with Crippen LogP contribution in [0.4, 0.5) is 0 Å². The molecule has 0 unspecified atom stereocenters. The van der Waals surface area contributed by atoms with Crippen molar-refractivity contribution in [2.45, 2.75) is 25.8 Å². The Hall–Kier alpha value is -2.07. The lowest BCUT2D eigenvalue weighted by Gasteiger charge is -2.26. The highest BCUT2D eigenvalue weighted by atomic mass is 16.3. The van der Waals surface area contributed by atoms with Gasteiger partial charge in [0.2, 0.25) is 0 Å². The minimum atomic E-state index is -0.0283. The summed E-state index contributed by atoms with van der Waals surface area (Å²) in [4.78, 5) is 14.7. The van der Waals surface area contributed by atoms with Crippen LogP contribution in [-0.4, -0.2) is 30.4 Å². The van der Waals surface area contributed by atoms with Crippen molar-refractivity contribution < 1.29 is 9.21 Å². The van der Waals surface area contributed by atoms with Crippen LogP contribution >= 0.6 is 0 Å². The highest BCUT2D eigenvalue weighted by molar-refractivity contribution is 5.94. The van der Waals surface area contributed by atoms with Gasteiger partial charge in [-0.3, -0.25) is 9.69 Å². The highest BCUT2D eigenvalue weighted by Gasteiger charge is 2.26. The molecule has 0 bridgehead atoms. The van der Waals surface area contributed by atoms with Crippen LogP contribution < -0.4 is 5.32 Å². The number of hydrogen-bond donors (Lipinski definition) is 1. The molecule has 1 amide bonds. The van der Waals surface area contributed by atoms with E-state index >= 15 is 0 Å². The molecule has 2 aromatic rings. The normalized spacial score (nSPS) is 16.6. The summed E-state index contributed by atoms with van der Waals surface area (Å²) in [5.41, 5.74) is 1.80. The van der Waals surface area contributed by atoms with Gasteiger partial charge in [-0.1, -0.05) is 17.7 Å². The zero-order valence-electron chi connectivity index (χ0n) is 12.9. The molecule has 1 aromatic carbocycles. The second-order valence-corrected chi connectivity index (χ2v) is 5.85. The van der Waals surface area contributed by atoms with Crippen LogP contribution in [0.25, 0.3) is 0 Å². The zero-order valence-corrected chi connectivity index (χ0v) is 12.9. The van der Waals surface area contributed by atoms with Crippen LogP contribution in [0.15, 0.2) is 47.1 Å². The van der Waals surface area contributed by atoms with Crippen LogP contribution in [0.2, 0.25) is 0 Å². The van der Waals surface area contributed by atoms with Gasteiger partial charge in [0.1, 0.15) is 5.76 Å². The van der Waals surface area contributed by atoms with E-state index in [0.29, 0.717) is 12.1 Å². The number of hydrogen-bond acceptors (Lipinski definition) is 3. The zero-order chi connectivity index (χ0) is 15.4. The summed E-state index contributed by atoms with van der Waals surface area (Å²) < 4.78 is 5.57. The number of furan rings is 1. The molecule has 0 radical (unpaired) electrons. The topological polar surface area (TPSA) is 45.5 Å². The number of nitrogens with zero attached hydrogens (tertiary/aromatic N) is 1. The number of benzene rings is 1. The van der Waals surface area contributed by atoms with Crippen molar-refractivity contribution in [1.29, 1.82) is 0 Å². The summed E-state index contributed by atoms with van der Waals surface area (Å²) in [5, 5.41) is 3.05. The fourth-order valence-corrected chi connectivity index (χ4v) is 3.02. The van der Waals surface area contributed by atoms with Crippen molar-refractivity contribution in [3.63, 3.8) is 0 Å². The van der Waals surface area contributed by atoms with Crippen molar-refractivity contribution in [3.05, 3.63) is 59.5 Å². The Balaban J connectivity index is 1.67. The van der Waals surface area contributed by atoms with E-state index in [4.69, 9.17) is 4.42 Å². The van der Waals surface area contributed by atoms with Crippen molar-refractivity contribution in [3.8, 4) is 0 Å². The van der Waals surface area contributed by atoms with Gasteiger partial charge in [-0.05, 0) is 57.1 Å². The van der Waals surface area contributed by atoms with Crippen LogP contribution in [0.1, 0.15) is 40.6 Å². The molecular formula is C18H22N2O2. The fourth-order valence-electron chi connectivity index (χ4n) is 3.02. The standard InChI is InChI=1S/C18H22N2O2/c1-14-6-4-7-15(12-14)18(21)19-13-16(17-8-5-11-22-17)20-9-2-3-10-20/h4-8,11-12,16H,2-3,9-10,13H2,1H3,(H,19,21)/t16-/m0/s1. The van der Waals surface area contributed by atoms with Crippen LogP contribution in [0.5, 0.6) is 0 Å². The van der Waals surface area contributed by atoms with Gasteiger partial charge in [-0.25, -0.2) is 0 Å². The molecule has 0 saturated carbocycles. The number of aryl methyl sites for hydroxylation is 1. The number of nitrogens with one attached hydrogen (secondary N) is 1. The Labute approximate surface area is 131 Å². The third-order valence-electron chi connectivity index (χ3n) is 4.19. The van der Waals surface area contributed by atoms with Crippen molar-refractivity contribution in [2.75, 3.05) is 19.6 Å². The number of carbonyl (C=O) groups excluding carboxylic acids is 1. The number of likely N-dealkylation sites (tertiary alicyclic amines) is 1. The molecule has 1 aliphatic rings. The van der Waals surface area contributed by atoms with Gasteiger partial charge in [0.25, 0.3) is 5.91 Å². The van der Waals surface area contributed by atoms with E-state index < -0.39 is 0 Å². The van der Waals surface area contributed by atoms with Gasteiger partial charge in [0.15, 0.2) is 0 Å². The van der Waals surface area contributed by atoms with Crippen LogP contribution in [0.3, 0.4) is 0 Å². The first kappa shape index (κ1) is 14.9. The maximum Gasteiger partial charge on any atom is 0.251 e. The minimum Gasteiger partial charge on any atom is -0.468 e. The lowest BCUT2D eigenvalue weighted by molar-refractivity contribution is 0.0933. The SMILES string of the molecule is Cc1cccc(C(=O)NC[C@@H](c2ccco2)N2CCCC2)c1. The number of carbonyl (C=O) groups is 1. The smallest absolute Gasteiger partial charge is 0.251 e. The fraction of sp³-hybridized carbons (Fsp3) is 0.389. The molecular weight excluding hydrogens is 276 g/mol. The maximum absolute atomic E-state index is 12.3. The Bertz CT molecular complexity index is 616. The van der Waals surface area contributed by atoms with Gasteiger partial charge in [0, 0.05) is 12.1 Å². The quantitative estimate of drug-likeness (QED) is 0.922. The van der Waals surface area contributed by atoms with Gasteiger partial charge in [-0.15, -0.1) is 0 Å². The van der Waals surface area contributed by atoms with E-state index in [-0.39, 0.29) is 11.9 Å². The summed E-state index contributed by atoms with van der Waals surface area (Å²) in [6.45, 7) is 4.68. The molecule has 1 saturated heterocycles. The summed E-state index contributed by atoms with van der Waals surface area (Å²) in [5.74, 6) is 0.894. The molecule has 1 aromatic heterocycles. The lowest BCUT2D eigenvalue weighted by Crippen LogP contribution is -2.36. The first-order valence-electron chi connectivity index (χ1n) is 7.86. The monoisotopic (exact) mass is 298 g/mol. The molecule has 22 heavy (non-hydrogen) atoms. The van der Waals surface area contributed by atoms with Gasteiger partial charge < -0.3 is 9.73 Å². The van der Waals surface area contributed by atoms with Crippen molar-refractivity contribution in [1.82, 2.24) is 10.2 Å². The van der Waals surface area contributed by atoms with Crippen LogP contribution in [-0.2, 0) is 0 Å². The molecule has 1 N–H and O–H groups in total. The molecule has 1 atom stereocenters. The second kappa shape index (κ2) is 6.79. The summed E-state index contributed by atoms with van der Waals surface area (Å²) in [7, 11) is 0. The summed E-state index contributed by atoms with van der Waals surface area (Å²) in [6, 6.07) is 11.7. The van der Waals surface area contributed by atoms with E-state index in [1.54, 1.807) is 6.26 Å². The summed E-state index contributed by atoms with van der Waals surface area (Å²) in [6.07, 6.45) is 4.12. The first-order chi connectivity index (χ1) is 10.7. The first-order valence-corrected chi connectivity index (χ1v) is 7.86. The number of amides is 1. The average Bonchev–Trinajstić information content (AvgIpc) is 3.21. The predicted molar refractivity (Wildman–Crippen MR) is 85.8 cm³/mol. The van der Waals surface area contributed by atoms with Crippen molar-refractivity contribution >= 4 is 5.91 Å². The van der Waals surface area contributed by atoms with Gasteiger partial charge in [0.05, 0.1) is 12.3 Å². The maximum atomic E-state index is 12.3. The van der Waals surface area contributed by atoms with E-state index in [1.807, 2.05) is 43.3 Å². The van der Waals surface area contributed by atoms with Gasteiger partial charge >= 0.3 is 0 Å². The van der Waals surface area contributed by atoms with Crippen molar-refractivity contribution in [2.24, 2.45) is 0 Å². The third kappa shape index (κ3) is 3.39. The average molecular weight is 298 g/mol. The molecule has 1 fully saturated rings. The van der Waals surface area contributed by atoms with Crippen LogP contribution in [0, 0.1) is 6.92 Å². The predicted octanol–water partition coefficient (Wildman–Crippen LogP) is 3.15. The largest absolute Gasteiger partial charge is 0.468 e. The molecule has 1 aliphatic heterocycles. The minimum absolute atomic E-state index is 0.0283.